The van der Waals surface area contributed by atoms with E-state index < -0.39 is 6.10 Å². The molecule has 0 saturated carbocycles. The van der Waals surface area contributed by atoms with Gasteiger partial charge in [-0.25, -0.2) is 4.79 Å². The Morgan fingerprint density at radius 3 is 3.00 bits per heavy atom. The summed E-state index contributed by atoms with van der Waals surface area (Å²) in [5.74, 6) is 0. The van der Waals surface area contributed by atoms with Gasteiger partial charge in [-0.05, 0) is 31.0 Å². The van der Waals surface area contributed by atoms with Crippen LogP contribution in [0.3, 0.4) is 0 Å². The number of nitrogens with zero attached hydrogens (tertiary/aromatic N) is 1. The fourth-order valence-electron chi connectivity index (χ4n) is 1.86. The molecule has 0 unspecified atom stereocenters. The number of rotatable bonds is 1. The number of anilines is 1. The van der Waals surface area contributed by atoms with E-state index in [1.807, 2.05) is 13.0 Å². The number of carbonyl (C=O) groups is 1. The van der Waals surface area contributed by atoms with E-state index in [9.17, 15) is 9.90 Å². The van der Waals surface area contributed by atoms with Crippen molar-refractivity contribution in [1.82, 2.24) is 4.90 Å². The number of aliphatic hydroxyl groups excluding tert-OH is 1. The number of urea groups is 1. The molecule has 1 aromatic carbocycles. The van der Waals surface area contributed by atoms with Crippen molar-refractivity contribution in [2.45, 2.75) is 19.4 Å². The van der Waals surface area contributed by atoms with Gasteiger partial charge in [0.2, 0.25) is 0 Å². The normalized spacial score (nSPS) is 19.5. The zero-order valence-electron chi connectivity index (χ0n) is 9.61. The third-order valence-corrected chi connectivity index (χ3v) is 3.37. The minimum atomic E-state index is -0.402. The minimum absolute atomic E-state index is 0.188. The van der Waals surface area contributed by atoms with Crippen molar-refractivity contribution in [3.8, 4) is 0 Å². The number of aliphatic hydroxyl groups is 1. The van der Waals surface area contributed by atoms with Crippen LogP contribution in [-0.2, 0) is 0 Å². The fourth-order valence-corrected chi connectivity index (χ4v) is 2.04. The quantitative estimate of drug-likeness (QED) is 0.808. The van der Waals surface area contributed by atoms with E-state index in [2.05, 4.69) is 5.32 Å². The Kier molecular flexibility index (Phi) is 3.54. The van der Waals surface area contributed by atoms with E-state index in [0.717, 1.165) is 5.56 Å². The number of hydrogen-bond acceptors (Lipinski definition) is 2. The molecular formula is C12H15ClN2O2. The maximum Gasteiger partial charge on any atom is 0.321 e. The van der Waals surface area contributed by atoms with Crippen LogP contribution in [0, 0.1) is 6.92 Å². The molecular weight excluding hydrogens is 240 g/mol. The van der Waals surface area contributed by atoms with Crippen LogP contribution in [0.4, 0.5) is 10.5 Å². The molecule has 0 bridgehead atoms. The highest BCUT2D eigenvalue weighted by atomic mass is 35.5. The molecule has 0 aliphatic carbocycles. The van der Waals surface area contributed by atoms with E-state index in [4.69, 9.17) is 11.6 Å². The fraction of sp³-hybridized carbons (Fsp3) is 0.417. The largest absolute Gasteiger partial charge is 0.391 e. The number of benzene rings is 1. The molecule has 2 amide bonds. The summed E-state index contributed by atoms with van der Waals surface area (Å²) >= 11 is 5.98. The Hall–Kier alpha value is -1.26. The third-order valence-electron chi connectivity index (χ3n) is 2.96. The van der Waals surface area contributed by atoms with Gasteiger partial charge < -0.3 is 15.3 Å². The van der Waals surface area contributed by atoms with Gasteiger partial charge in [0, 0.05) is 23.8 Å². The predicted molar refractivity (Wildman–Crippen MR) is 67.4 cm³/mol. The molecule has 0 aromatic heterocycles. The average Bonchev–Trinajstić information content (AvgIpc) is 2.72. The van der Waals surface area contributed by atoms with Gasteiger partial charge in [-0.15, -0.1) is 0 Å². The Bertz CT molecular complexity index is 437. The number of carbonyl (C=O) groups excluding carboxylic acids is 1. The molecule has 1 atom stereocenters. The van der Waals surface area contributed by atoms with Gasteiger partial charge in [0.05, 0.1) is 6.10 Å². The van der Waals surface area contributed by atoms with Crippen LogP contribution >= 0.6 is 11.6 Å². The number of likely N-dealkylation sites (tertiary alicyclic amines) is 1. The van der Waals surface area contributed by atoms with Crippen molar-refractivity contribution in [2.75, 3.05) is 18.4 Å². The molecule has 1 fully saturated rings. The second-order valence-electron chi connectivity index (χ2n) is 4.23. The summed E-state index contributed by atoms with van der Waals surface area (Å²) in [6.07, 6.45) is 0.239. The SMILES string of the molecule is Cc1c(Cl)cccc1NC(=O)N1CC[C@@H](O)C1. The predicted octanol–water partition coefficient (Wildman–Crippen LogP) is 2.25. The summed E-state index contributed by atoms with van der Waals surface area (Å²) in [5.41, 5.74) is 1.56. The van der Waals surface area contributed by atoms with Gasteiger partial charge in [0.1, 0.15) is 0 Å². The maximum atomic E-state index is 11.9. The second-order valence-corrected chi connectivity index (χ2v) is 4.64. The van der Waals surface area contributed by atoms with Crippen molar-refractivity contribution in [2.24, 2.45) is 0 Å². The molecule has 2 rings (SSSR count). The highest BCUT2D eigenvalue weighted by molar-refractivity contribution is 6.31. The highest BCUT2D eigenvalue weighted by Gasteiger charge is 2.24. The van der Waals surface area contributed by atoms with Crippen LogP contribution in [0.2, 0.25) is 5.02 Å². The molecule has 17 heavy (non-hydrogen) atoms. The van der Waals surface area contributed by atoms with Crippen molar-refractivity contribution < 1.29 is 9.90 Å². The summed E-state index contributed by atoms with van der Waals surface area (Å²) in [6.45, 7) is 2.84. The lowest BCUT2D eigenvalue weighted by Crippen LogP contribution is -2.33. The average molecular weight is 255 g/mol. The van der Waals surface area contributed by atoms with Crippen molar-refractivity contribution in [3.63, 3.8) is 0 Å². The van der Waals surface area contributed by atoms with E-state index >= 15 is 0 Å². The highest BCUT2D eigenvalue weighted by Crippen LogP contribution is 2.23. The molecule has 1 aromatic rings. The Labute approximate surface area is 105 Å². The van der Waals surface area contributed by atoms with Gasteiger partial charge in [0.25, 0.3) is 0 Å². The van der Waals surface area contributed by atoms with E-state index in [1.54, 1.807) is 17.0 Å². The molecule has 5 heteroatoms. The van der Waals surface area contributed by atoms with Gasteiger partial charge in [0.15, 0.2) is 0 Å². The number of nitrogens with one attached hydrogen (secondary N) is 1. The van der Waals surface area contributed by atoms with Crippen LogP contribution in [0.5, 0.6) is 0 Å². The first kappa shape index (κ1) is 12.2. The van der Waals surface area contributed by atoms with Crippen LogP contribution < -0.4 is 5.32 Å². The lowest BCUT2D eigenvalue weighted by molar-refractivity contribution is 0.176. The van der Waals surface area contributed by atoms with E-state index in [-0.39, 0.29) is 6.03 Å². The van der Waals surface area contributed by atoms with E-state index in [0.29, 0.717) is 30.2 Å². The lowest BCUT2D eigenvalue weighted by atomic mass is 10.2. The number of amides is 2. The first-order chi connectivity index (χ1) is 8.08. The molecule has 4 nitrogen and oxygen atoms in total. The summed E-state index contributed by atoms with van der Waals surface area (Å²) in [5, 5.41) is 12.8. The maximum absolute atomic E-state index is 11.9. The summed E-state index contributed by atoms with van der Waals surface area (Å²) in [7, 11) is 0. The number of halogens is 1. The van der Waals surface area contributed by atoms with Gasteiger partial charge in [-0.3, -0.25) is 0 Å². The second kappa shape index (κ2) is 4.94. The molecule has 92 valence electrons. The first-order valence-corrected chi connectivity index (χ1v) is 5.95. The minimum Gasteiger partial charge on any atom is -0.391 e. The van der Waals surface area contributed by atoms with Crippen molar-refractivity contribution >= 4 is 23.3 Å². The summed E-state index contributed by atoms with van der Waals surface area (Å²) < 4.78 is 0. The molecule has 1 aliphatic heterocycles. The van der Waals surface area contributed by atoms with Crippen LogP contribution in [0.15, 0.2) is 18.2 Å². The standard InChI is InChI=1S/C12H15ClN2O2/c1-8-10(13)3-2-4-11(8)14-12(17)15-6-5-9(16)7-15/h2-4,9,16H,5-7H2,1H3,(H,14,17)/t9-/m1/s1. The summed E-state index contributed by atoms with van der Waals surface area (Å²) in [6, 6.07) is 5.20. The zero-order valence-corrected chi connectivity index (χ0v) is 10.4. The van der Waals surface area contributed by atoms with Crippen molar-refractivity contribution in [3.05, 3.63) is 28.8 Å². The van der Waals surface area contributed by atoms with Gasteiger partial charge in [-0.1, -0.05) is 17.7 Å². The molecule has 0 spiro atoms. The van der Waals surface area contributed by atoms with Gasteiger partial charge in [-0.2, -0.15) is 0 Å². The Morgan fingerprint density at radius 2 is 2.35 bits per heavy atom. The van der Waals surface area contributed by atoms with Crippen LogP contribution in [0.25, 0.3) is 0 Å². The molecule has 0 radical (unpaired) electrons. The monoisotopic (exact) mass is 254 g/mol. The van der Waals surface area contributed by atoms with Crippen molar-refractivity contribution in [1.29, 1.82) is 0 Å². The zero-order chi connectivity index (χ0) is 12.4. The molecule has 1 saturated heterocycles. The van der Waals surface area contributed by atoms with E-state index in [1.165, 1.54) is 0 Å². The number of β-amino-alcohol motifs (C(OH)–C–C–N with tert-alkyl or cyclic N) is 1. The third kappa shape index (κ3) is 2.70. The van der Waals surface area contributed by atoms with Crippen LogP contribution in [-0.4, -0.2) is 35.2 Å². The Morgan fingerprint density at radius 1 is 1.59 bits per heavy atom. The Balaban J connectivity index is 2.06. The summed E-state index contributed by atoms with van der Waals surface area (Å²) in [4.78, 5) is 13.5. The molecule has 1 aliphatic rings. The van der Waals surface area contributed by atoms with Crippen LogP contribution in [0.1, 0.15) is 12.0 Å². The number of hydrogen-bond donors (Lipinski definition) is 2. The molecule has 1 heterocycles. The lowest BCUT2D eigenvalue weighted by Gasteiger charge is -2.17. The smallest absolute Gasteiger partial charge is 0.321 e. The first-order valence-electron chi connectivity index (χ1n) is 5.57. The van der Waals surface area contributed by atoms with Gasteiger partial charge >= 0.3 is 6.03 Å². The topological polar surface area (TPSA) is 52.6 Å². The molecule has 2 N–H and O–H groups in total.